The number of aromatic nitrogens is 2. The van der Waals surface area contributed by atoms with E-state index in [-0.39, 0.29) is 28.6 Å². The third-order valence-corrected chi connectivity index (χ3v) is 7.02. The number of halogens is 1. The Hall–Kier alpha value is -2.53. The summed E-state index contributed by atoms with van der Waals surface area (Å²) in [7, 11) is -3.86. The van der Waals surface area contributed by atoms with Crippen LogP contribution < -0.4 is 14.8 Å². The monoisotopic (exact) mass is 494 g/mol. The van der Waals surface area contributed by atoms with Crippen molar-refractivity contribution in [1.29, 1.82) is 0 Å². The summed E-state index contributed by atoms with van der Waals surface area (Å²) in [6.07, 6.45) is 2.81. The molecule has 0 saturated heterocycles. The lowest BCUT2D eigenvalue weighted by Gasteiger charge is -2.10. The highest BCUT2D eigenvalue weighted by molar-refractivity contribution is 7.89. The van der Waals surface area contributed by atoms with Gasteiger partial charge in [-0.3, -0.25) is 10.1 Å². The summed E-state index contributed by atoms with van der Waals surface area (Å²) < 4.78 is 33.2. The van der Waals surface area contributed by atoms with Gasteiger partial charge in [0.05, 0.1) is 15.5 Å². The van der Waals surface area contributed by atoms with Crippen molar-refractivity contribution in [3.8, 4) is 5.75 Å². The number of anilines is 1. The molecule has 0 aliphatic heterocycles. The average molecular weight is 495 g/mol. The molecule has 170 valence electrons. The van der Waals surface area contributed by atoms with Crippen LogP contribution in [0.2, 0.25) is 5.02 Å². The zero-order valence-corrected chi connectivity index (χ0v) is 19.8. The first-order chi connectivity index (χ1) is 15.4. The molecule has 0 aliphatic rings. The summed E-state index contributed by atoms with van der Waals surface area (Å²) in [6, 6.07) is 13.0. The van der Waals surface area contributed by atoms with Crippen molar-refractivity contribution >= 4 is 44.0 Å². The summed E-state index contributed by atoms with van der Waals surface area (Å²) in [6.45, 7) is 2.30. The number of para-hydroxylation sites is 1. The van der Waals surface area contributed by atoms with Crippen molar-refractivity contribution in [2.75, 3.05) is 18.5 Å². The smallest absolute Gasteiger partial charge is 0.259 e. The number of unbranched alkanes of at least 4 members (excludes halogenated alkanes) is 1. The van der Waals surface area contributed by atoms with E-state index in [1.54, 1.807) is 12.1 Å². The molecule has 8 nitrogen and oxygen atoms in total. The second kappa shape index (κ2) is 11.4. The molecule has 1 amide bonds. The second-order valence-corrected chi connectivity index (χ2v) is 10.00. The van der Waals surface area contributed by atoms with Gasteiger partial charge in [-0.15, -0.1) is 10.2 Å². The molecule has 0 fully saturated rings. The van der Waals surface area contributed by atoms with Crippen molar-refractivity contribution < 1.29 is 17.9 Å². The number of nitrogens with one attached hydrogen (secondary N) is 2. The van der Waals surface area contributed by atoms with E-state index in [0.717, 1.165) is 24.3 Å². The maximum absolute atomic E-state index is 12.7. The Bertz CT molecular complexity index is 1150. The summed E-state index contributed by atoms with van der Waals surface area (Å²) in [4.78, 5) is 12.6. The van der Waals surface area contributed by atoms with Crippen LogP contribution in [0.25, 0.3) is 0 Å². The summed E-state index contributed by atoms with van der Waals surface area (Å²) >= 11 is 7.43. The Balaban J connectivity index is 1.63. The first-order valence-corrected chi connectivity index (χ1v) is 12.7. The van der Waals surface area contributed by atoms with Gasteiger partial charge in [-0.05, 0) is 36.8 Å². The Morgan fingerprint density at radius 3 is 2.69 bits per heavy atom. The van der Waals surface area contributed by atoms with Gasteiger partial charge >= 0.3 is 0 Å². The lowest BCUT2D eigenvalue weighted by molar-refractivity contribution is 0.102. The van der Waals surface area contributed by atoms with Gasteiger partial charge in [-0.1, -0.05) is 54.5 Å². The fourth-order valence-corrected chi connectivity index (χ4v) is 4.71. The molecule has 1 heterocycles. The van der Waals surface area contributed by atoms with Crippen molar-refractivity contribution in [3.63, 3.8) is 0 Å². The number of ether oxygens (including phenoxy) is 1. The molecule has 0 saturated carbocycles. The van der Waals surface area contributed by atoms with Crippen LogP contribution in [0.1, 0.15) is 35.1 Å². The lowest BCUT2D eigenvalue weighted by Crippen LogP contribution is -2.28. The van der Waals surface area contributed by atoms with E-state index in [1.165, 1.54) is 29.5 Å². The first kappa shape index (κ1) is 24.1. The van der Waals surface area contributed by atoms with E-state index in [9.17, 15) is 13.2 Å². The third-order valence-electron chi connectivity index (χ3n) is 4.33. The minimum atomic E-state index is -3.86. The molecule has 0 bridgehead atoms. The maximum Gasteiger partial charge on any atom is 0.259 e. The fraction of sp³-hybridized carbons (Fsp3) is 0.286. The zero-order chi connectivity index (χ0) is 23.0. The van der Waals surface area contributed by atoms with Crippen LogP contribution in [0.15, 0.2) is 53.4 Å². The predicted molar refractivity (Wildman–Crippen MR) is 125 cm³/mol. The van der Waals surface area contributed by atoms with Crippen LogP contribution in [0.3, 0.4) is 0 Å². The number of benzene rings is 2. The predicted octanol–water partition coefficient (Wildman–Crippen LogP) is 4.14. The van der Waals surface area contributed by atoms with Gasteiger partial charge in [-0.25, -0.2) is 13.1 Å². The normalized spacial score (nSPS) is 11.3. The van der Waals surface area contributed by atoms with Gasteiger partial charge in [0.1, 0.15) is 17.4 Å². The second-order valence-electron chi connectivity index (χ2n) is 6.76. The molecule has 32 heavy (non-hydrogen) atoms. The highest BCUT2D eigenvalue weighted by atomic mass is 35.5. The number of rotatable bonds is 11. The molecule has 0 spiro atoms. The van der Waals surface area contributed by atoms with Gasteiger partial charge in [0.15, 0.2) is 0 Å². The van der Waals surface area contributed by atoms with Crippen LogP contribution in [-0.4, -0.2) is 37.7 Å². The zero-order valence-electron chi connectivity index (χ0n) is 17.4. The number of carbonyl (C=O) groups excluding carboxylic acids is 1. The number of carbonyl (C=O) groups is 1. The van der Waals surface area contributed by atoms with Crippen molar-refractivity contribution in [1.82, 2.24) is 14.9 Å². The SMILES string of the molecule is CCCCc1nnc(NC(=O)c2cc(S(=O)(=O)NCCOc3ccccc3)ccc2Cl)s1. The van der Waals surface area contributed by atoms with Crippen molar-refractivity contribution in [3.05, 3.63) is 64.1 Å². The molecule has 3 aromatic rings. The van der Waals surface area contributed by atoms with Crippen LogP contribution in [0.4, 0.5) is 5.13 Å². The Morgan fingerprint density at radius 1 is 1.16 bits per heavy atom. The van der Waals surface area contributed by atoms with Gasteiger partial charge < -0.3 is 4.74 Å². The number of amides is 1. The topological polar surface area (TPSA) is 110 Å². The first-order valence-electron chi connectivity index (χ1n) is 10.00. The molecular formula is C21H23ClN4O4S2. The van der Waals surface area contributed by atoms with Crippen LogP contribution in [0.5, 0.6) is 5.75 Å². The van der Waals surface area contributed by atoms with Crippen LogP contribution in [-0.2, 0) is 16.4 Å². The Labute approximate surface area is 196 Å². The highest BCUT2D eigenvalue weighted by Crippen LogP contribution is 2.23. The largest absolute Gasteiger partial charge is 0.492 e. The van der Waals surface area contributed by atoms with Crippen LogP contribution in [0, 0.1) is 0 Å². The number of aryl methyl sites for hydroxylation is 1. The standard InChI is InChI=1S/C21H23ClN4O4S2/c1-2-3-9-19-25-26-21(31-19)24-20(27)17-14-16(10-11-18(17)22)32(28,29)23-12-13-30-15-7-5-4-6-8-15/h4-8,10-11,14,23H,2-3,9,12-13H2,1H3,(H,24,26,27). The molecule has 2 aromatic carbocycles. The van der Waals surface area contributed by atoms with Crippen molar-refractivity contribution in [2.24, 2.45) is 0 Å². The molecule has 3 rings (SSSR count). The van der Waals surface area contributed by atoms with E-state index in [2.05, 4.69) is 27.2 Å². The fourth-order valence-electron chi connectivity index (χ4n) is 2.69. The number of sulfonamides is 1. The number of hydrogen-bond acceptors (Lipinski definition) is 7. The quantitative estimate of drug-likeness (QED) is 0.387. The van der Waals surface area contributed by atoms with E-state index in [1.807, 2.05) is 18.2 Å². The molecular weight excluding hydrogens is 472 g/mol. The number of hydrogen-bond donors (Lipinski definition) is 2. The van der Waals surface area contributed by atoms with E-state index in [4.69, 9.17) is 16.3 Å². The van der Waals surface area contributed by atoms with E-state index >= 15 is 0 Å². The summed E-state index contributed by atoms with van der Waals surface area (Å²) in [5.41, 5.74) is 0.0281. The van der Waals surface area contributed by atoms with E-state index < -0.39 is 15.9 Å². The molecule has 0 aliphatic carbocycles. The van der Waals surface area contributed by atoms with Crippen LogP contribution >= 0.6 is 22.9 Å². The van der Waals surface area contributed by atoms with Crippen molar-refractivity contribution in [2.45, 2.75) is 31.1 Å². The molecule has 2 N–H and O–H groups in total. The molecule has 0 unspecified atom stereocenters. The van der Waals surface area contributed by atoms with Gasteiger partial charge in [-0.2, -0.15) is 0 Å². The third kappa shape index (κ3) is 6.73. The molecule has 0 atom stereocenters. The Kier molecular flexibility index (Phi) is 8.57. The average Bonchev–Trinajstić information content (AvgIpc) is 3.23. The Morgan fingerprint density at radius 2 is 1.94 bits per heavy atom. The van der Waals surface area contributed by atoms with E-state index in [0.29, 0.717) is 10.9 Å². The maximum atomic E-state index is 12.7. The summed E-state index contributed by atoms with van der Waals surface area (Å²) in [5.74, 6) is 0.0873. The molecule has 1 aromatic heterocycles. The highest BCUT2D eigenvalue weighted by Gasteiger charge is 2.19. The molecule has 11 heteroatoms. The lowest BCUT2D eigenvalue weighted by atomic mass is 10.2. The number of nitrogens with zero attached hydrogens (tertiary/aromatic N) is 2. The minimum absolute atomic E-state index is 0.0281. The van der Waals surface area contributed by atoms with Gasteiger partial charge in [0, 0.05) is 13.0 Å². The van der Waals surface area contributed by atoms with Gasteiger partial charge in [0.25, 0.3) is 5.91 Å². The molecule has 0 radical (unpaired) electrons. The summed E-state index contributed by atoms with van der Waals surface area (Å²) in [5, 5.41) is 11.9. The van der Waals surface area contributed by atoms with Gasteiger partial charge in [0.2, 0.25) is 15.2 Å². The minimum Gasteiger partial charge on any atom is -0.492 e.